The number of ketones is 1. The van der Waals surface area contributed by atoms with Gasteiger partial charge in [0, 0.05) is 0 Å². The number of carbonyl (C=O) groups is 1. The van der Waals surface area contributed by atoms with Crippen molar-refractivity contribution in [1.29, 1.82) is 0 Å². The van der Waals surface area contributed by atoms with E-state index in [4.69, 9.17) is 0 Å². The summed E-state index contributed by atoms with van der Waals surface area (Å²) in [5.74, 6) is 0.131. The van der Waals surface area contributed by atoms with Gasteiger partial charge in [-0.05, 0) is 13.3 Å². The molecule has 8 heavy (non-hydrogen) atoms. The highest BCUT2D eigenvalue weighted by molar-refractivity contribution is 5.81. The van der Waals surface area contributed by atoms with Gasteiger partial charge in [-0.25, -0.2) is 0 Å². The molecule has 0 N–H and O–H groups in total. The molecule has 0 aromatic heterocycles. The van der Waals surface area contributed by atoms with Crippen LogP contribution >= 0.6 is 0 Å². The van der Waals surface area contributed by atoms with Gasteiger partial charge in [-0.1, -0.05) is 0 Å². The van der Waals surface area contributed by atoms with Crippen LogP contribution in [0.2, 0.25) is 0 Å². The predicted octanol–water partition coefficient (Wildman–Crippen LogP) is 0.800. The van der Waals surface area contributed by atoms with Crippen molar-refractivity contribution in [2.75, 3.05) is 6.54 Å². The number of rotatable bonds is 1. The van der Waals surface area contributed by atoms with E-state index in [1.807, 2.05) is 0 Å². The zero-order valence-electron chi connectivity index (χ0n) is 4.79. The molecule has 0 saturated carbocycles. The van der Waals surface area contributed by atoms with Crippen molar-refractivity contribution in [3.05, 3.63) is 0 Å². The Morgan fingerprint density at radius 1 is 1.75 bits per heavy atom. The first-order valence-electron chi connectivity index (χ1n) is 2.68. The lowest BCUT2D eigenvalue weighted by atomic mass is 10.2. The van der Waals surface area contributed by atoms with Gasteiger partial charge in [-0.3, -0.25) is 4.79 Å². The molecule has 44 valence electrons. The van der Waals surface area contributed by atoms with Crippen LogP contribution in [0.25, 0.3) is 0 Å². The van der Waals surface area contributed by atoms with E-state index in [2.05, 4.69) is 10.2 Å². The van der Waals surface area contributed by atoms with Crippen LogP contribution in [0.5, 0.6) is 0 Å². The molecule has 1 heterocycles. The van der Waals surface area contributed by atoms with Gasteiger partial charge in [0.05, 0.1) is 6.54 Å². The van der Waals surface area contributed by atoms with E-state index < -0.39 is 0 Å². The maximum atomic E-state index is 10.5. The van der Waals surface area contributed by atoms with Crippen molar-refractivity contribution >= 4 is 5.78 Å². The minimum absolute atomic E-state index is 0.116. The highest BCUT2D eigenvalue weighted by atomic mass is 16.1. The normalized spacial score (nSPS) is 26.4. The summed E-state index contributed by atoms with van der Waals surface area (Å²) in [7, 11) is 0. The lowest BCUT2D eigenvalue weighted by molar-refractivity contribution is -0.118. The number of carbonyl (C=O) groups excluding carboxylic acids is 1. The average Bonchev–Trinajstić information content (AvgIpc) is 2.12. The Morgan fingerprint density at radius 2 is 2.50 bits per heavy atom. The maximum absolute atomic E-state index is 10.5. The molecule has 0 amide bonds. The predicted molar refractivity (Wildman–Crippen MR) is 28.8 cm³/mol. The van der Waals surface area contributed by atoms with E-state index in [1.165, 1.54) is 0 Å². The summed E-state index contributed by atoms with van der Waals surface area (Å²) in [5.41, 5.74) is 0. The third-order valence-corrected chi connectivity index (χ3v) is 1.19. The van der Waals surface area contributed by atoms with E-state index >= 15 is 0 Å². The zero-order chi connectivity index (χ0) is 5.98. The molecule has 1 aliphatic heterocycles. The molecule has 3 nitrogen and oxygen atoms in total. The van der Waals surface area contributed by atoms with Crippen molar-refractivity contribution in [2.45, 2.75) is 19.4 Å². The van der Waals surface area contributed by atoms with Crippen LogP contribution in [-0.4, -0.2) is 18.4 Å². The lowest BCUT2D eigenvalue weighted by Crippen LogP contribution is -2.11. The summed E-state index contributed by atoms with van der Waals surface area (Å²) >= 11 is 0. The fraction of sp³-hybridized carbons (Fsp3) is 0.800. The number of hydrogen-bond acceptors (Lipinski definition) is 3. The third-order valence-electron chi connectivity index (χ3n) is 1.19. The van der Waals surface area contributed by atoms with E-state index in [-0.39, 0.29) is 11.8 Å². The van der Waals surface area contributed by atoms with E-state index in [1.54, 1.807) is 6.92 Å². The van der Waals surface area contributed by atoms with Crippen molar-refractivity contribution < 1.29 is 4.79 Å². The molecule has 1 rings (SSSR count). The summed E-state index contributed by atoms with van der Waals surface area (Å²) in [6.07, 6.45) is 0.815. The standard InChI is InChI=1S/C5H8N2O/c1-4(8)5-2-3-6-7-5/h5H,2-3H2,1H3/t5-/m0/s1. The van der Waals surface area contributed by atoms with Crippen molar-refractivity contribution in [1.82, 2.24) is 0 Å². The Balaban J connectivity index is 2.48. The summed E-state index contributed by atoms with van der Waals surface area (Å²) in [4.78, 5) is 10.5. The van der Waals surface area contributed by atoms with Gasteiger partial charge in [0.1, 0.15) is 6.04 Å². The maximum Gasteiger partial charge on any atom is 0.156 e. The fourth-order valence-corrected chi connectivity index (χ4v) is 0.679. The molecular formula is C5H8N2O. The van der Waals surface area contributed by atoms with Crippen molar-refractivity contribution in [2.24, 2.45) is 10.2 Å². The van der Waals surface area contributed by atoms with Gasteiger partial charge in [-0.2, -0.15) is 10.2 Å². The van der Waals surface area contributed by atoms with Gasteiger partial charge < -0.3 is 0 Å². The molecule has 0 bridgehead atoms. The zero-order valence-corrected chi connectivity index (χ0v) is 4.79. The molecule has 0 aromatic rings. The first kappa shape index (κ1) is 5.41. The third kappa shape index (κ3) is 0.911. The van der Waals surface area contributed by atoms with Crippen LogP contribution in [0, 0.1) is 0 Å². The second-order valence-electron chi connectivity index (χ2n) is 1.90. The van der Waals surface area contributed by atoms with Gasteiger partial charge in [0.2, 0.25) is 0 Å². The number of hydrogen-bond donors (Lipinski definition) is 0. The summed E-state index contributed by atoms with van der Waals surface area (Å²) in [5, 5.41) is 7.40. The molecule has 0 unspecified atom stereocenters. The molecule has 0 fully saturated rings. The van der Waals surface area contributed by atoms with Crippen LogP contribution in [0.15, 0.2) is 10.2 Å². The number of Topliss-reactive ketones (excluding diaryl/α,β-unsaturated/α-hetero) is 1. The highest BCUT2D eigenvalue weighted by Crippen LogP contribution is 2.07. The second-order valence-corrected chi connectivity index (χ2v) is 1.90. The smallest absolute Gasteiger partial charge is 0.156 e. The van der Waals surface area contributed by atoms with Crippen LogP contribution in [-0.2, 0) is 4.79 Å². The Morgan fingerprint density at radius 3 is 2.75 bits per heavy atom. The Hall–Kier alpha value is -0.730. The largest absolute Gasteiger partial charge is 0.298 e. The molecule has 3 heteroatoms. The highest BCUT2D eigenvalue weighted by Gasteiger charge is 2.15. The molecular weight excluding hydrogens is 104 g/mol. The van der Waals surface area contributed by atoms with E-state index in [0.29, 0.717) is 0 Å². The van der Waals surface area contributed by atoms with E-state index in [0.717, 1.165) is 13.0 Å². The van der Waals surface area contributed by atoms with Crippen molar-refractivity contribution in [3.63, 3.8) is 0 Å². The summed E-state index contributed by atoms with van der Waals surface area (Å²) in [6, 6.07) is -0.116. The van der Waals surface area contributed by atoms with Crippen LogP contribution < -0.4 is 0 Å². The molecule has 1 aliphatic rings. The van der Waals surface area contributed by atoms with Gasteiger partial charge in [0.15, 0.2) is 5.78 Å². The molecule has 0 aromatic carbocycles. The number of azo groups is 1. The minimum Gasteiger partial charge on any atom is -0.298 e. The molecule has 0 spiro atoms. The Labute approximate surface area is 47.8 Å². The Kier molecular flexibility index (Phi) is 1.37. The van der Waals surface area contributed by atoms with Gasteiger partial charge in [0.25, 0.3) is 0 Å². The lowest BCUT2D eigenvalue weighted by Gasteiger charge is -1.93. The average molecular weight is 112 g/mol. The van der Waals surface area contributed by atoms with Gasteiger partial charge >= 0.3 is 0 Å². The number of nitrogens with zero attached hydrogens (tertiary/aromatic N) is 2. The first-order valence-corrected chi connectivity index (χ1v) is 2.68. The van der Waals surface area contributed by atoms with Crippen LogP contribution in [0.4, 0.5) is 0 Å². The van der Waals surface area contributed by atoms with Crippen LogP contribution in [0.1, 0.15) is 13.3 Å². The minimum atomic E-state index is -0.116. The topological polar surface area (TPSA) is 41.8 Å². The molecule has 0 saturated heterocycles. The molecule has 0 radical (unpaired) electrons. The summed E-state index contributed by atoms with van der Waals surface area (Å²) < 4.78 is 0. The van der Waals surface area contributed by atoms with Gasteiger partial charge in [-0.15, -0.1) is 0 Å². The summed E-state index contributed by atoms with van der Waals surface area (Å²) in [6.45, 7) is 2.28. The fourth-order valence-electron chi connectivity index (χ4n) is 0.679. The Bertz CT molecular complexity index is 130. The monoisotopic (exact) mass is 112 g/mol. The van der Waals surface area contributed by atoms with Crippen molar-refractivity contribution in [3.8, 4) is 0 Å². The second kappa shape index (κ2) is 2.03. The molecule has 1 atom stereocenters. The SMILES string of the molecule is CC(=O)[C@@H]1CCN=N1. The van der Waals surface area contributed by atoms with Crippen LogP contribution in [0.3, 0.4) is 0 Å². The molecule has 0 aliphatic carbocycles. The van der Waals surface area contributed by atoms with E-state index in [9.17, 15) is 4.79 Å². The first-order chi connectivity index (χ1) is 3.80. The quantitative estimate of drug-likeness (QED) is 0.494.